The van der Waals surface area contributed by atoms with Gasteiger partial charge in [0.05, 0.1) is 11.9 Å². The van der Waals surface area contributed by atoms with Gasteiger partial charge in [-0.15, -0.1) is 0 Å². The summed E-state index contributed by atoms with van der Waals surface area (Å²) in [5.74, 6) is 0.961. The van der Waals surface area contributed by atoms with Gasteiger partial charge in [-0.25, -0.2) is 0 Å². The van der Waals surface area contributed by atoms with Crippen molar-refractivity contribution < 1.29 is 9.32 Å². The van der Waals surface area contributed by atoms with Crippen LogP contribution in [0.4, 0.5) is 5.69 Å². The van der Waals surface area contributed by atoms with Gasteiger partial charge in [0.25, 0.3) is 0 Å². The molecule has 3 heterocycles. The first-order valence-electron chi connectivity index (χ1n) is 8.19. The summed E-state index contributed by atoms with van der Waals surface area (Å²) in [6.07, 6.45) is 8.38. The lowest BCUT2D eigenvalue weighted by Gasteiger charge is -2.03. The number of carbonyl (C=O) groups is 1. The number of nitrogens with zero attached hydrogens (tertiary/aromatic N) is 5. The second-order valence-corrected chi connectivity index (χ2v) is 5.96. The predicted octanol–water partition coefficient (Wildman–Crippen LogP) is 2.87. The van der Waals surface area contributed by atoms with E-state index >= 15 is 0 Å². The van der Waals surface area contributed by atoms with E-state index in [4.69, 9.17) is 4.52 Å². The van der Waals surface area contributed by atoms with Crippen molar-refractivity contribution in [3.63, 3.8) is 0 Å². The number of hydrogen-bond donors (Lipinski definition) is 1. The summed E-state index contributed by atoms with van der Waals surface area (Å²) in [6, 6.07) is 3.95. The van der Waals surface area contributed by atoms with Crippen molar-refractivity contribution in [3.8, 4) is 11.4 Å². The monoisotopic (exact) mass is 340 g/mol. The molecule has 0 spiro atoms. The fourth-order valence-corrected chi connectivity index (χ4v) is 2.28. The molecule has 3 aromatic heterocycles. The predicted molar refractivity (Wildman–Crippen MR) is 91.7 cm³/mol. The number of hydrogen-bond acceptors (Lipinski definition) is 6. The third-order valence-corrected chi connectivity index (χ3v) is 3.60. The van der Waals surface area contributed by atoms with E-state index < -0.39 is 0 Å². The maximum absolute atomic E-state index is 12.0. The molecule has 0 aliphatic rings. The largest absolute Gasteiger partial charge is 0.339 e. The molecule has 0 bridgehead atoms. The van der Waals surface area contributed by atoms with E-state index in [9.17, 15) is 4.79 Å². The van der Waals surface area contributed by atoms with Crippen LogP contribution in [0.25, 0.3) is 11.4 Å². The SMILES string of the molecule is CC(C)n1cc(NC(=O)CCCc2nc(-c3cccnc3)no2)cn1. The van der Waals surface area contributed by atoms with E-state index in [0.29, 0.717) is 36.7 Å². The molecule has 0 saturated heterocycles. The molecule has 3 rings (SSSR count). The molecule has 0 saturated carbocycles. The van der Waals surface area contributed by atoms with E-state index in [0.717, 1.165) is 5.56 Å². The molecule has 8 nitrogen and oxygen atoms in total. The van der Waals surface area contributed by atoms with Crippen LogP contribution in [0, 0.1) is 0 Å². The Kier molecular flexibility index (Phi) is 5.17. The van der Waals surface area contributed by atoms with Crippen LogP contribution in [0.3, 0.4) is 0 Å². The number of rotatable bonds is 7. The molecule has 0 atom stereocenters. The van der Waals surface area contributed by atoms with Crippen LogP contribution in [0.1, 0.15) is 38.6 Å². The third kappa shape index (κ3) is 4.50. The van der Waals surface area contributed by atoms with Gasteiger partial charge in [0, 0.05) is 43.0 Å². The fourth-order valence-electron chi connectivity index (χ4n) is 2.28. The minimum Gasteiger partial charge on any atom is -0.339 e. The number of nitrogens with one attached hydrogen (secondary N) is 1. The van der Waals surface area contributed by atoms with Crippen LogP contribution >= 0.6 is 0 Å². The number of pyridine rings is 1. The second-order valence-electron chi connectivity index (χ2n) is 5.96. The molecule has 0 fully saturated rings. The van der Waals surface area contributed by atoms with Gasteiger partial charge in [0.2, 0.25) is 17.6 Å². The van der Waals surface area contributed by atoms with Gasteiger partial charge < -0.3 is 9.84 Å². The molecule has 0 radical (unpaired) electrons. The standard InChI is InChI=1S/C17H20N6O2/c1-12(2)23-11-14(10-19-23)20-15(24)6-3-7-16-21-17(22-25-16)13-5-4-8-18-9-13/h4-5,8-12H,3,6-7H2,1-2H3,(H,20,24). The van der Waals surface area contributed by atoms with Crippen molar-refractivity contribution in [1.29, 1.82) is 0 Å². The molecule has 130 valence electrons. The highest BCUT2D eigenvalue weighted by atomic mass is 16.5. The lowest BCUT2D eigenvalue weighted by molar-refractivity contribution is -0.116. The Morgan fingerprint density at radius 2 is 2.24 bits per heavy atom. The number of aryl methyl sites for hydroxylation is 1. The number of aromatic nitrogens is 5. The van der Waals surface area contributed by atoms with Gasteiger partial charge >= 0.3 is 0 Å². The van der Waals surface area contributed by atoms with Gasteiger partial charge in [-0.3, -0.25) is 14.5 Å². The molecule has 3 aromatic rings. The van der Waals surface area contributed by atoms with Crippen molar-refractivity contribution in [3.05, 3.63) is 42.8 Å². The normalized spacial score (nSPS) is 11.0. The summed E-state index contributed by atoms with van der Waals surface area (Å²) in [7, 11) is 0. The Bertz CT molecular complexity index is 825. The summed E-state index contributed by atoms with van der Waals surface area (Å²) < 4.78 is 7.01. The topological polar surface area (TPSA) is 98.7 Å². The maximum atomic E-state index is 12.0. The van der Waals surface area contributed by atoms with Crippen LogP contribution < -0.4 is 5.32 Å². The average Bonchev–Trinajstić information content (AvgIpc) is 3.25. The lowest BCUT2D eigenvalue weighted by Crippen LogP contribution is -2.11. The molecule has 0 aromatic carbocycles. The van der Waals surface area contributed by atoms with Crippen LogP contribution in [0.2, 0.25) is 0 Å². The molecule has 0 aliphatic heterocycles. The molecule has 0 unspecified atom stereocenters. The Morgan fingerprint density at radius 1 is 1.36 bits per heavy atom. The Hall–Kier alpha value is -3.03. The van der Waals surface area contributed by atoms with Crippen LogP contribution in [0.5, 0.6) is 0 Å². The van der Waals surface area contributed by atoms with E-state index in [-0.39, 0.29) is 11.9 Å². The summed E-state index contributed by atoms with van der Waals surface area (Å²) in [5, 5.41) is 11.0. The van der Waals surface area contributed by atoms with E-state index in [2.05, 4.69) is 25.5 Å². The van der Waals surface area contributed by atoms with Crippen molar-refractivity contribution in [2.75, 3.05) is 5.32 Å². The molecule has 25 heavy (non-hydrogen) atoms. The first kappa shape index (κ1) is 16.8. The fraction of sp³-hybridized carbons (Fsp3) is 0.353. The number of anilines is 1. The smallest absolute Gasteiger partial charge is 0.226 e. The highest BCUT2D eigenvalue weighted by Gasteiger charge is 2.10. The van der Waals surface area contributed by atoms with Gasteiger partial charge in [-0.2, -0.15) is 10.1 Å². The number of amides is 1. The minimum atomic E-state index is -0.0599. The molecular weight excluding hydrogens is 320 g/mol. The number of carbonyl (C=O) groups excluding carboxylic acids is 1. The zero-order chi connectivity index (χ0) is 17.6. The molecule has 0 aliphatic carbocycles. The Morgan fingerprint density at radius 3 is 2.96 bits per heavy atom. The quantitative estimate of drug-likeness (QED) is 0.710. The minimum absolute atomic E-state index is 0.0599. The van der Waals surface area contributed by atoms with Crippen molar-refractivity contribution in [2.24, 2.45) is 0 Å². The second kappa shape index (κ2) is 7.69. The van der Waals surface area contributed by atoms with E-state index in [1.165, 1.54) is 0 Å². The summed E-state index contributed by atoms with van der Waals surface area (Å²) >= 11 is 0. The summed E-state index contributed by atoms with van der Waals surface area (Å²) in [5.41, 5.74) is 1.51. The zero-order valence-corrected chi connectivity index (χ0v) is 14.2. The molecule has 1 amide bonds. The molecule has 8 heteroatoms. The van der Waals surface area contributed by atoms with Gasteiger partial charge in [0.1, 0.15) is 0 Å². The van der Waals surface area contributed by atoms with Crippen molar-refractivity contribution in [2.45, 2.75) is 39.2 Å². The van der Waals surface area contributed by atoms with Crippen LogP contribution in [-0.4, -0.2) is 30.8 Å². The average molecular weight is 340 g/mol. The van der Waals surface area contributed by atoms with Crippen LogP contribution in [-0.2, 0) is 11.2 Å². The highest BCUT2D eigenvalue weighted by Crippen LogP contribution is 2.15. The Balaban J connectivity index is 1.46. The summed E-state index contributed by atoms with van der Waals surface area (Å²) in [4.78, 5) is 20.3. The molecular formula is C17H20N6O2. The van der Waals surface area contributed by atoms with Gasteiger partial charge in [-0.1, -0.05) is 5.16 Å². The highest BCUT2D eigenvalue weighted by molar-refractivity contribution is 5.90. The Labute approximate surface area is 145 Å². The maximum Gasteiger partial charge on any atom is 0.226 e. The van der Waals surface area contributed by atoms with Crippen molar-refractivity contribution in [1.82, 2.24) is 24.9 Å². The van der Waals surface area contributed by atoms with E-state index in [1.807, 2.05) is 32.2 Å². The lowest BCUT2D eigenvalue weighted by atomic mass is 10.2. The van der Waals surface area contributed by atoms with E-state index in [1.54, 1.807) is 23.3 Å². The van der Waals surface area contributed by atoms with Gasteiger partial charge in [0.15, 0.2) is 0 Å². The first-order chi connectivity index (χ1) is 12.1. The van der Waals surface area contributed by atoms with Crippen molar-refractivity contribution >= 4 is 11.6 Å². The molecule has 1 N–H and O–H groups in total. The van der Waals surface area contributed by atoms with Gasteiger partial charge in [-0.05, 0) is 32.4 Å². The summed E-state index contributed by atoms with van der Waals surface area (Å²) in [6.45, 7) is 4.06. The zero-order valence-electron chi connectivity index (χ0n) is 14.2. The third-order valence-electron chi connectivity index (χ3n) is 3.60. The first-order valence-corrected chi connectivity index (χ1v) is 8.19. The van der Waals surface area contributed by atoms with Crippen LogP contribution in [0.15, 0.2) is 41.4 Å².